The standard InChI is InChI=1S/C24H27Cl2N3O3/c1-28(2)22(30)12-15-8-6-7-11-29(15)24(16-9-4-5-10-21(16)32-3)17-13-18(25)19(26)14-20(17)27-23(24)31/h4-5,9-10,13-15H,6-8,11-12H2,1-3H3,(H,27,31)/t15-,24?/m0/s1. The second-order valence-corrected chi connectivity index (χ2v) is 9.33. The molecule has 0 radical (unpaired) electrons. The lowest BCUT2D eigenvalue weighted by Gasteiger charge is -2.47. The summed E-state index contributed by atoms with van der Waals surface area (Å²) in [6.07, 6.45) is 3.07. The molecule has 1 saturated heterocycles. The van der Waals surface area contributed by atoms with Gasteiger partial charge in [-0.2, -0.15) is 0 Å². The van der Waals surface area contributed by atoms with E-state index in [0.717, 1.165) is 30.4 Å². The van der Waals surface area contributed by atoms with Crippen molar-refractivity contribution in [2.45, 2.75) is 37.3 Å². The molecule has 2 heterocycles. The number of hydrogen-bond donors (Lipinski definition) is 1. The molecule has 1 unspecified atom stereocenters. The maximum absolute atomic E-state index is 13.9. The van der Waals surface area contributed by atoms with Crippen LogP contribution in [0.1, 0.15) is 36.8 Å². The number of fused-ring (bicyclic) bond motifs is 1. The highest BCUT2D eigenvalue weighted by atomic mass is 35.5. The normalized spacial score (nSPS) is 22.9. The number of ether oxygens (including phenoxy) is 1. The average Bonchev–Trinajstić information content (AvgIpc) is 3.05. The van der Waals surface area contributed by atoms with E-state index < -0.39 is 5.54 Å². The van der Waals surface area contributed by atoms with E-state index in [1.54, 1.807) is 38.2 Å². The molecule has 0 saturated carbocycles. The Labute approximate surface area is 198 Å². The third-order valence-electron chi connectivity index (χ3n) is 6.49. The zero-order chi connectivity index (χ0) is 23.0. The van der Waals surface area contributed by atoms with Crippen LogP contribution < -0.4 is 10.1 Å². The first-order chi connectivity index (χ1) is 15.3. The van der Waals surface area contributed by atoms with E-state index >= 15 is 0 Å². The number of hydrogen-bond acceptors (Lipinski definition) is 4. The van der Waals surface area contributed by atoms with Gasteiger partial charge in [-0.25, -0.2) is 0 Å². The van der Waals surface area contributed by atoms with Gasteiger partial charge >= 0.3 is 0 Å². The van der Waals surface area contributed by atoms with Gasteiger partial charge in [0, 0.05) is 49.9 Å². The third kappa shape index (κ3) is 3.64. The van der Waals surface area contributed by atoms with E-state index in [-0.39, 0.29) is 17.9 Å². The highest BCUT2D eigenvalue weighted by molar-refractivity contribution is 6.42. The molecule has 170 valence electrons. The maximum Gasteiger partial charge on any atom is 0.254 e. The Morgan fingerprint density at radius 3 is 2.62 bits per heavy atom. The molecule has 32 heavy (non-hydrogen) atoms. The number of likely N-dealkylation sites (tertiary alicyclic amines) is 1. The molecule has 8 heteroatoms. The van der Waals surface area contributed by atoms with Crippen LogP contribution in [0.4, 0.5) is 5.69 Å². The topological polar surface area (TPSA) is 61.9 Å². The second-order valence-electron chi connectivity index (χ2n) is 8.51. The van der Waals surface area contributed by atoms with Crippen molar-refractivity contribution in [1.29, 1.82) is 0 Å². The minimum absolute atomic E-state index is 0.0323. The highest BCUT2D eigenvalue weighted by Crippen LogP contribution is 2.52. The first-order valence-electron chi connectivity index (χ1n) is 10.7. The fourth-order valence-corrected chi connectivity index (χ4v) is 5.30. The summed E-state index contributed by atoms with van der Waals surface area (Å²) in [4.78, 5) is 30.4. The largest absolute Gasteiger partial charge is 0.496 e. The molecule has 2 aromatic carbocycles. The van der Waals surface area contributed by atoms with E-state index in [2.05, 4.69) is 10.2 Å². The van der Waals surface area contributed by atoms with Gasteiger partial charge in [0.1, 0.15) is 5.75 Å². The lowest BCUT2D eigenvalue weighted by Crippen LogP contribution is -2.58. The molecule has 0 bridgehead atoms. The molecule has 0 aromatic heterocycles. The number of carbonyl (C=O) groups excluding carboxylic acids is 2. The number of amides is 2. The maximum atomic E-state index is 13.9. The van der Waals surface area contributed by atoms with Gasteiger partial charge < -0.3 is 15.0 Å². The van der Waals surface area contributed by atoms with Crippen molar-refractivity contribution in [3.63, 3.8) is 0 Å². The van der Waals surface area contributed by atoms with Crippen molar-refractivity contribution in [1.82, 2.24) is 9.80 Å². The number of methoxy groups -OCH3 is 1. The third-order valence-corrected chi connectivity index (χ3v) is 7.21. The predicted octanol–water partition coefficient (Wildman–Crippen LogP) is 4.53. The minimum Gasteiger partial charge on any atom is -0.496 e. The Hall–Kier alpha value is -2.28. The highest BCUT2D eigenvalue weighted by Gasteiger charge is 2.56. The zero-order valence-electron chi connectivity index (χ0n) is 18.5. The Morgan fingerprint density at radius 1 is 1.19 bits per heavy atom. The van der Waals surface area contributed by atoms with Gasteiger partial charge in [0.15, 0.2) is 5.54 Å². The molecule has 2 atom stereocenters. The molecule has 0 spiro atoms. The molecule has 2 aliphatic heterocycles. The van der Waals surface area contributed by atoms with Crippen LogP contribution in [0.15, 0.2) is 36.4 Å². The van der Waals surface area contributed by atoms with Crippen molar-refractivity contribution in [3.05, 3.63) is 57.6 Å². The number of piperidine rings is 1. The molecule has 2 aliphatic rings. The SMILES string of the molecule is COc1ccccc1C1(N2CCCC[C@H]2CC(=O)N(C)C)C(=O)Nc2cc(Cl)c(Cl)cc21. The lowest BCUT2D eigenvalue weighted by molar-refractivity contribution is -0.135. The molecule has 0 aliphatic carbocycles. The van der Waals surface area contributed by atoms with E-state index in [1.165, 1.54) is 0 Å². The van der Waals surface area contributed by atoms with Crippen molar-refractivity contribution >= 4 is 40.7 Å². The van der Waals surface area contributed by atoms with E-state index in [9.17, 15) is 9.59 Å². The summed E-state index contributed by atoms with van der Waals surface area (Å²) in [5.74, 6) is 0.439. The number of para-hydroxylation sites is 1. The molecule has 1 fully saturated rings. The van der Waals surface area contributed by atoms with Crippen molar-refractivity contribution < 1.29 is 14.3 Å². The van der Waals surface area contributed by atoms with Gasteiger partial charge in [-0.05, 0) is 31.0 Å². The summed E-state index contributed by atoms with van der Waals surface area (Å²) in [6.45, 7) is 0.663. The average molecular weight is 476 g/mol. The first-order valence-corrected chi connectivity index (χ1v) is 11.5. The monoisotopic (exact) mass is 475 g/mol. The minimum atomic E-state index is -1.19. The lowest BCUT2D eigenvalue weighted by atomic mass is 9.78. The summed E-state index contributed by atoms with van der Waals surface area (Å²) < 4.78 is 5.70. The van der Waals surface area contributed by atoms with Crippen LogP contribution in [0, 0.1) is 0 Å². The predicted molar refractivity (Wildman–Crippen MR) is 127 cm³/mol. The smallest absolute Gasteiger partial charge is 0.254 e. The van der Waals surface area contributed by atoms with Gasteiger partial charge in [0.25, 0.3) is 5.91 Å². The van der Waals surface area contributed by atoms with E-state index in [1.807, 2.05) is 24.3 Å². The number of rotatable bonds is 5. The van der Waals surface area contributed by atoms with Crippen LogP contribution in [0.5, 0.6) is 5.75 Å². The van der Waals surface area contributed by atoms with Gasteiger partial charge in [-0.15, -0.1) is 0 Å². The molecular formula is C24H27Cl2N3O3. The number of halogens is 2. The summed E-state index contributed by atoms with van der Waals surface area (Å²) in [7, 11) is 5.11. The summed E-state index contributed by atoms with van der Waals surface area (Å²) >= 11 is 12.7. The van der Waals surface area contributed by atoms with E-state index in [0.29, 0.717) is 34.4 Å². The number of nitrogens with one attached hydrogen (secondary N) is 1. The number of anilines is 1. The summed E-state index contributed by atoms with van der Waals surface area (Å²) in [6, 6.07) is 10.9. The zero-order valence-corrected chi connectivity index (χ0v) is 20.0. The van der Waals surface area contributed by atoms with Crippen molar-refractivity contribution in [2.75, 3.05) is 33.1 Å². The van der Waals surface area contributed by atoms with Crippen molar-refractivity contribution in [3.8, 4) is 5.75 Å². The number of carbonyl (C=O) groups is 2. The first kappa shape index (κ1) is 22.9. The fourth-order valence-electron chi connectivity index (χ4n) is 4.97. The molecule has 6 nitrogen and oxygen atoms in total. The Morgan fingerprint density at radius 2 is 1.91 bits per heavy atom. The molecule has 2 amide bonds. The van der Waals surface area contributed by atoms with Crippen LogP contribution in [0.25, 0.3) is 0 Å². The Balaban J connectivity index is 1.97. The molecule has 4 rings (SSSR count). The number of benzene rings is 2. The van der Waals surface area contributed by atoms with Gasteiger partial charge in [0.2, 0.25) is 5.91 Å². The van der Waals surface area contributed by atoms with Gasteiger partial charge in [-0.3, -0.25) is 14.5 Å². The summed E-state index contributed by atoms with van der Waals surface area (Å²) in [5.41, 5.74) is 0.888. The summed E-state index contributed by atoms with van der Waals surface area (Å²) in [5, 5.41) is 3.77. The second kappa shape index (κ2) is 8.93. The van der Waals surface area contributed by atoms with Crippen LogP contribution in [-0.2, 0) is 15.1 Å². The Bertz CT molecular complexity index is 1060. The van der Waals surface area contributed by atoms with Crippen LogP contribution in [0.2, 0.25) is 10.0 Å². The van der Waals surface area contributed by atoms with Crippen molar-refractivity contribution in [2.24, 2.45) is 0 Å². The molecule has 2 aromatic rings. The quantitative estimate of drug-likeness (QED) is 0.689. The van der Waals surface area contributed by atoms with Crippen LogP contribution in [-0.4, -0.2) is 55.4 Å². The Kier molecular flexibility index (Phi) is 6.39. The van der Waals surface area contributed by atoms with Crippen LogP contribution in [0.3, 0.4) is 0 Å². The fraction of sp³-hybridized carbons (Fsp3) is 0.417. The van der Waals surface area contributed by atoms with Gasteiger partial charge in [0.05, 0.1) is 17.2 Å². The van der Waals surface area contributed by atoms with E-state index in [4.69, 9.17) is 27.9 Å². The molecular weight excluding hydrogens is 449 g/mol. The molecule has 1 N–H and O–H groups in total. The number of nitrogens with zero attached hydrogens (tertiary/aromatic N) is 2. The van der Waals surface area contributed by atoms with Gasteiger partial charge in [-0.1, -0.05) is 47.8 Å². The van der Waals surface area contributed by atoms with Crippen LogP contribution >= 0.6 is 23.2 Å².